The fourth-order valence-electron chi connectivity index (χ4n) is 3.42. The average molecular weight is 409 g/mol. The van der Waals surface area contributed by atoms with E-state index in [4.69, 9.17) is 9.47 Å². The average Bonchev–Trinajstić information content (AvgIpc) is 3.32. The summed E-state index contributed by atoms with van der Waals surface area (Å²) < 4.78 is 11.9. The van der Waals surface area contributed by atoms with E-state index in [9.17, 15) is 0 Å². The lowest BCUT2D eigenvalue weighted by molar-refractivity contribution is 0.173. The zero-order valence-corrected chi connectivity index (χ0v) is 15.9. The van der Waals surface area contributed by atoms with Crippen molar-refractivity contribution in [2.24, 2.45) is 0 Å². The molecular formula is C18H21BrN2O2S. The molecule has 4 rings (SSSR count). The maximum absolute atomic E-state index is 5.50. The number of hydrogen-bond acceptors (Lipinski definition) is 5. The molecular weight excluding hydrogens is 388 g/mol. The lowest BCUT2D eigenvalue weighted by atomic mass is 10.1. The molecule has 24 heavy (non-hydrogen) atoms. The highest BCUT2D eigenvalue weighted by atomic mass is 79.9. The number of benzene rings is 1. The Balaban J connectivity index is 1.41. The Kier molecular flexibility index (Phi) is 5.08. The number of thiophene rings is 1. The summed E-state index contributed by atoms with van der Waals surface area (Å²) in [5.74, 6) is 1.64. The van der Waals surface area contributed by atoms with Gasteiger partial charge in [0.15, 0.2) is 11.5 Å². The second-order valence-electron chi connectivity index (χ2n) is 6.22. The van der Waals surface area contributed by atoms with E-state index in [0.29, 0.717) is 12.8 Å². The third-order valence-corrected chi connectivity index (χ3v) is 6.17. The molecule has 1 N–H and O–H groups in total. The Hall–Kier alpha value is -1.08. The van der Waals surface area contributed by atoms with Crippen LogP contribution in [0.4, 0.5) is 0 Å². The first kappa shape index (κ1) is 16.4. The lowest BCUT2D eigenvalue weighted by Crippen LogP contribution is -2.33. The molecule has 1 fully saturated rings. The summed E-state index contributed by atoms with van der Waals surface area (Å²) >= 11 is 5.42. The SMILES string of the molecule is Brc1cc(CNCC(c2cccs2)N2CCCC2)cc2c1OCO2. The van der Waals surface area contributed by atoms with E-state index in [0.717, 1.165) is 29.1 Å². The summed E-state index contributed by atoms with van der Waals surface area (Å²) in [6.45, 7) is 4.51. The fraction of sp³-hybridized carbons (Fsp3) is 0.444. The molecule has 0 radical (unpaired) electrons. The molecule has 128 valence electrons. The van der Waals surface area contributed by atoms with Crippen LogP contribution in [-0.4, -0.2) is 31.3 Å². The van der Waals surface area contributed by atoms with E-state index in [1.54, 1.807) is 0 Å². The van der Waals surface area contributed by atoms with E-state index >= 15 is 0 Å². The molecule has 1 unspecified atom stereocenters. The Morgan fingerprint density at radius 1 is 1.25 bits per heavy atom. The van der Waals surface area contributed by atoms with Gasteiger partial charge in [-0.3, -0.25) is 4.90 Å². The molecule has 0 amide bonds. The summed E-state index contributed by atoms with van der Waals surface area (Å²) in [7, 11) is 0. The number of halogens is 1. The van der Waals surface area contributed by atoms with Gasteiger partial charge in [-0.1, -0.05) is 6.07 Å². The maximum atomic E-state index is 5.50. The van der Waals surface area contributed by atoms with Crippen molar-refractivity contribution in [2.75, 3.05) is 26.4 Å². The number of likely N-dealkylation sites (tertiary alicyclic amines) is 1. The smallest absolute Gasteiger partial charge is 0.231 e. The summed E-state index contributed by atoms with van der Waals surface area (Å²) in [4.78, 5) is 4.06. The molecule has 2 aliphatic rings. The van der Waals surface area contributed by atoms with Crippen LogP contribution < -0.4 is 14.8 Å². The van der Waals surface area contributed by atoms with Crippen LogP contribution in [0.3, 0.4) is 0 Å². The topological polar surface area (TPSA) is 33.7 Å². The van der Waals surface area contributed by atoms with Crippen LogP contribution in [0.5, 0.6) is 11.5 Å². The molecule has 6 heteroatoms. The summed E-state index contributed by atoms with van der Waals surface area (Å²) in [5, 5.41) is 5.81. The van der Waals surface area contributed by atoms with E-state index in [1.807, 2.05) is 11.3 Å². The van der Waals surface area contributed by atoms with Gasteiger partial charge in [0.05, 0.1) is 10.5 Å². The van der Waals surface area contributed by atoms with Crippen molar-refractivity contribution in [1.82, 2.24) is 10.2 Å². The van der Waals surface area contributed by atoms with Gasteiger partial charge < -0.3 is 14.8 Å². The fourth-order valence-corrected chi connectivity index (χ4v) is 4.88. The van der Waals surface area contributed by atoms with Gasteiger partial charge in [0.2, 0.25) is 6.79 Å². The molecule has 0 saturated carbocycles. The predicted molar refractivity (Wildman–Crippen MR) is 99.8 cm³/mol. The Morgan fingerprint density at radius 3 is 2.92 bits per heavy atom. The van der Waals surface area contributed by atoms with Gasteiger partial charge in [0.25, 0.3) is 0 Å². The highest BCUT2D eigenvalue weighted by molar-refractivity contribution is 9.10. The van der Waals surface area contributed by atoms with Crippen LogP contribution in [0.25, 0.3) is 0 Å². The second kappa shape index (κ2) is 7.44. The quantitative estimate of drug-likeness (QED) is 0.777. The van der Waals surface area contributed by atoms with Crippen LogP contribution in [0.1, 0.15) is 29.3 Å². The van der Waals surface area contributed by atoms with Crippen LogP contribution >= 0.6 is 27.3 Å². The normalized spacial score (nSPS) is 18.2. The zero-order valence-electron chi connectivity index (χ0n) is 13.5. The lowest BCUT2D eigenvalue weighted by Gasteiger charge is -2.27. The highest BCUT2D eigenvalue weighted by Crippen LogP contribution is 2.40. The van der Waals surface area contributed by atoms with Gasteiger partial charge >= 0.3 is 0 Å². The van der Waals surface area contributed by atoms with Crippen molar-refractivity contribution < 1.29 is 9.47 Å². The Bertz CT molecular complexity index is 687. The van der Waals surface area contributed by atoms with Crippen LogP contribution in [0.15, 0.2) is 34.1 Å². The minimum atomic E-state index is 0.306. The Morgan fingerprint density at radius 2 is 2.12 bits per heavy atom. The first-order valence-corrected chi connectivity index (χ1v) is 10.0. The molecule has 0 aliphatic carbocycles. The van der Waals surface area contributed by atoms with Crippen LogP contribution in [-0.2, 0) is 6.54 Å². The molecule has 1 aromatic carbocycles. The maximum Gasteiger partial charge on any atom is 0.231 e. The first-order valence-electron chi connectivity index (χ1n) is 8.37. The van der Waals surface area contributed by atoms with E-state index in [2.05, 4.69) is 55.8 Å². The van der Waals surface area contributed by atoms with Crippen molar-refractivity contribution >= 4 is 27.3 Å². The standard InChI is InChI=1S/C18H21BrN2O2S/c19-14-8-13(9-16-18(14)23-12-22-16)10-20-11-15(17-4-3-7-24-17)21-5-1-2-6-21/h3-4,7-9,15,20H,1-2,5-6,10-12H2. The number of fused-ring (bicyclic) bond motifs is 1. The van der Waals surface area contributed by atoms with Gasteiger partial charge in [-0.15, -0.1) is 11.3 Å². The van der Waals surface area contributed by atoms with Crippen molar-refractivity contribution in [3.63, 3.8) is 0 Å². The zero-order chi connectivity index (χ0) is 16.4. The van der Waals surface area contributed by atoms with Gasteiger partial charge in [-0.2, -0.15) is 0 Å². The van der Waals surface area contributed by atoms with Gasteiger partial charge in [0, 0.05) is 18.0 Å². The van der Waals surface area contributed by atoms with Gasteiger partial charge in [-0.25, -0.2) is 0 Å². The third kappa shape index (κ3) is 3.47. The van der Waals surface area contributed by atoms with E-state index in [-0.39, 0.29) is 0 Å². The molecule has 0 bridgehead atoms. The van der Waals surface area contributed by atoms with Crippen LogP contribution in [0.2, 0.25) is 0 Å². The highest BCUT2D eigenvalue weighted by Gasteiger charge is 2.24. The summed E-state index contributed by atoms with van der Waals surface area (Å²) in [5.41, 5.74) is 1.21. The van der Waals surface area contributed by atoms with E-state index < -0.39 is 0 Å². The molecule has 1 atom stereocenters. The van der Waals surface area contributed by atoms with Crippen molar-refractivity contribution in [3.05, 3.63) is 44.6 Å². The van der Waals surface area contributed by atoms with Gasteiger partial charge in [-0.05, 0) is 71.0 Å². The molecule has 1 saturated heterocycles. The molecule has 1 aromatic heterocycles. The van der Waals surface area contributed by atoms with Gasteiger partial charge in [0.1, 0.15) is 0 Å². The second-order valence-corrected chi connectivity index (χ2v) is 8.05. The van der Waals surface area contributed by atoms with E-state index in [1.165, 1.54) is 36.4 Å². The molecule has 2 aromatic rings. The number of ether oxygens (including phenoxy) is 2. The Labute approximate surface area is 154 Å². The first-order chi connectivity index (χ1) is 11.8. The summed E-state index contributed by atoms with van der Waals surface area (Å²) in [6.07, 6.45) is 2.63. The minimum absolute atomic E-state index is 0.306. The number of rotatable bonds is 6. The minimum Gasteiger partial charge on any atom is -0.454 e. The van der Waals surface area contributed by atoms with Crippen molar-refractivity contribution in [1.29, 1.82) is 0 Å². The van der Waals surface area contributed by atoms with Crippen LogP contribution in [0, 0.1) is 0 Å². The third-order valence-electron chi connectivity index (χ3n) is 4.61. The van der Waals surface area contributed by atoms with Crippen molar-refractivity contribution in [3.8, 4) is 11.5 Å². The molecule has 0 spiro atoms. The molecule has 2 aliphatic heterocycles. The monoisotopic (exact) mass is 408 g/mol. The molecule has 3 heterocycles. The molecule has 4 nitrogen and oxygen atoms in total. The largest absolute Gasteiger partial charge is 0.454 e. The number of nitrogens with one attached hydrogen (secondary N) is 1. The number of hydrogen-bond donors (Lipinski definition) is 1. The van der Waals surface area contributed by atoms with Crippen molar-refractivity contribution in [2.45, 2.75) is 25.4 Å². The summed E-state index contributed by atoms with van der Waals surface area (Å²) in [6, 6.07) is 9.06. The number of nitrogens with zero attached hydrogens (tertiary/aromatic N) is 1. The predicted octanol–water partition coefficient (Wildman–Crippen LogP) is 4.17.